The Hall–Kier alpha value is -0.780. The summed E-state index contributed by atoms with van der Waals surface area (Å²) in [7, 11) is 0. The van der Waals surface area contributed by atoms with Gasteiger partial charge in [-0.05, 0) is 37.1 Å². The normalized spacial score (nSPS) is 11.3. The Balaban J connectivity index is 2.39. The van der Waals surface area contributed by atoms with Crippen LogP contribution in [0.4, 0.5) is 4.39 Å². The third kappa shape index (κ3) is 4.34. The molecule has 21 heavy (non-hydrogen) atoms. The molecule has 0 spiro atoms. The average molecular weight is 371 g/mol. The zero-order chi connectivity index (χ0) is 15.4. The first kappa shape index (κ1) is 16.6. The van der Waals surface area contributed by atoms with Crippen molar-refractivity contribution < 1.29 is 4.39 Å². The Kier molecular flexibility index (Phi) is 5.90. The van der Waals surface area contributed by atoms with E-state index in [0.29, 0.717) is 5.92 Å². The second-order valence-electron chi connectivity index (χ2n) is 5.39. The molecule has 0 fully saturated rings. The van der Waals surface area contributed by atoms with Crippen molar-refractivity contribution >= 4 is 27.3 Å². The van der Waals surface area contributed by atoms with E-state index in [-0.39, 0.29) is 5.82 Å². The van der Waals surface area contributed by atoms with Crippen molar-refractivity contribution in [3.8, 4) is 10.6 Å². The van der Waals surface area contributed by atoms with Gasteiger partial charge in [0, 0.05) is 21.5 Å². The Morgan fingerprint density at radius 3 is 2.81 bits per heavy atom. The number of hydrogen-bond acceptors (Lipinski definition) is 3. The van der Waals surface area contributed by atoms with E-state index in [0.717, 1.165) is 40.2 Å². The molecule has 0 aliphatic heterocycles. The molecule has 0 radical (unpaired) electrons. The summed E-state index contributed by atoms with van der Waals surface area (Å²) in [5.41, 5.74) is 1.95. The zero-order valence-corrected chi connectivity index (χ0v) is 14.9. The first-order valence-corrected chi connectivity index (χ1v) is 8.77. The quantitative estimate of drug-likeness (QED) is 0.771. The van der Waals surface area contributed by atoms with Gasteiger partial charge in [0.1, 0.15) is 10.8 Å². The lowest BCUT2D eigenvalue weighted by Gasteiger charge is -2.05. The van der Waals surface area contributed by atoms with Crippen molar-refractivity contribution in [2.45, 2.75) is 33.7 Å². The highest BCUT2D eigenvalue weighted by molar-refractivity contribution is 9.10. The molecule has 0 bridgehead atoms. The van der Waals surface area contributed by atoms with Crippen LogP contribution in [0.25, 0.3) is 10.6 Å². The summed E-state index contributed by atoms with van der Waals surface area (Å²) in [6.07, 6.45) is 0.949. The van der Waals surface area contributed by atoms with Gasteiger partial charge >= 0.3 is 0 Å². The molecule has 0 atom stereocenters. The van der Waals surface area contributed by atoms with Crippen molar-refractivity contribution in [2.24, 2.45) is 5.92 Å². The van der Waals surface area contributed by atoms with Crippen LogP contribution in [-0.2, 0) is 13.0 Å². The number of aromatic nitrogens is 1. The SMILES string of the molecule is CCNCc1sc(-c2cc(F)ccc2Br)nc1CC(C)C. The Bertz CT molecular complexity index is 610. The maximum Gasteiger partial charge on any atom is 0.125 e. The van der Waals surface area contributed by atoms with Gasteiger partial charge in [0.2, 0.25) is 0 Å². The van der Waals surface area contributed by atoms with Crippen molar-refractivity contribution in [1.29, 1.82) is 0 Å². The Morgan fingerprint density at radius 1 is 1.38 bits per heavy atom. The van der Waals surface area contributed by atoms with E-state index in [4.69, 9.17) is 4.98 Å². The smallest absolute Gasteiger partial charge is 0.125 e. The van der Waals surface area contributed by atoms with Crippen LogP contribution in [0.5, 0.6) is 0 Å². The minimum atomic E-state index is -0.234. The van der Waals surface area contributed by atoms with E-state index in [1.54, 1.807) is 23.5 Å². The topological polar surface area (TPSA) is 24.9 Å². The van der Waals surface area contributed by atoms with Gasteiger partial charge in [0.05, 0.1) is 5.69 Å². The van der Waals surface area contributed by atoms with Crippen molar-refractivity contribution in [1.82, 2.24) is 10.3 Å². The summed E-state index contributed by atoms with van der Waals surface area (Å²) in [5, 5.41) is 4.23. The van der Waals surface area contributed by atoms with Crippen LogP contribution < -0.4 is 5.32 Å². The van der Waals surface area contributed by atoms with Crippen molar-refractivity contribution in [3.63, 3.8) is 0 Å². The summed E-state index contributed by atoms with van der Waals surface area (Å²) in [5.74, 6) is 0.318. The predicted molar refractivity (Wildman–Crippen MR) is 91.1 cm³/mol. The van der Waals surface area contributed by atoms with Crippen LogP contribution in [-0.4, -0.2) is 11.5 Å². The van der Waals surface area contributed by atoms with Crippen LogP contribution in [0, 0.1) is 11.7 Å². The third-order valence-corrected chi connectivity index (χ3v) is 4.90. The lowest BCUT2D eigenvalue weighted by atomic mass is 10.1. The van der Waals surface area contributed by atoms with Gasteiger partial charge in [-0.25, -0.2) is 9.37 Å². The summed E-state index contributed by atoms with van der Waals surface area (Å²) >= 11 is 5.14. The first-order chi connectivity index (χ1) is 10.0. The zero-order valence-electron chi connectivity index (χ0n) is 12.5. The highest BCUT2D eigenvalue weighted by Crippen LogP contribution is 2.34. The number of halogens is 2. The molecule has 0 amide bonds. The monoisotopic (exact) mass is 370 g/mol. The molecular formula is C16H20BrFN2S. The average Bonchev–Trinajstić information content (AvgIpc) is 2.81. The number of benzene rings is 1. The van der Waals surface area contributed by atoms with E-state index < -0.39 is 0 Å². The molecule has 2 nitrogen and oxygen atoms in total. The molecule has 2 aromatic rings. The Morgan fingerprint density at radius 2 is 2.14 bits per heavy atom. The van der Waals surface area contributed by atoms with Crippen molar-refractivity contribution in [3.05, 3.63) is 39.1 Å². The van der Waals surface area contributed by atoms with E-state index in [2.05, 4.69) is 42.0 Å². The standard InChI is InChI=1S/C16H20BrFN2S/c1-4-19-9-15-14(7-10(2)3)20-16(21-15)12-8-11(18)5-6-13(12)17/h5-6,8,10,19H,4,7,9H2,1-3H3. The van der Waals surface area contributed by atoms with Gasteiger partial charge in [-0.15, -0.1) is 11.3 Å². The summed E-state index contributed by atoms with van der Waals surface area (Å²) in [6, 6.07) is 4.73. The minimum absolute atomic E-state index is 0.234. The van der Waals surface area contributed by atoms with Gasteiger partial charge in [0.25, 0.3) is 0 Å². The highest BCUT2D eigenvalue weighted by Gasteiger charge is 2.15. The van der Waals surface area contributed by atoms with Crippen molar-refractivity contribution in [2.75, 3.05) is 6.54 Å². The van der Waals surface area contributed by atoms with E-state index in [1.165, 1.54) is 10.9 Å². The molecule has 1 heterocycles. The van der Waals surface area contributed by atoms with Crippen LogP contribution >= 0.6 is 27.3 Å². The Labute approximate surface area is 137 Å². The second kappa shape index (κ2) is 7.47. The number of hydrogen-bond donors (Lipinski definition) is 1. The lowest BCUT2D eigenvalue weighted by Crippen LogP contribution is -2.12. The number of nitrogens with zero attached hydrogens (tertiary/aromatic N) is 1. The van der Waals surface area contributed by atoms with Crippen LogP contribution in [0.15, 0.2) is 22.7 Å². The first-order valence-electron chi connectivity index (χ1n) is 7.16. The molecule has 0 aliphatic carbocycles. The fourth-order valence-corrected chi connectivity index (χ4v) is 3.74. The summed E-state index contributed by atoms with van der Waals surface area (Å²) in [6.45, 7) is 8.22. The second-order valence-corrected chi connectivity index (χ2v) is 7.33. The largest absolute Gasteiger partial charge is 0.312 e. The molecule has 0 saturated heterocycles. The maximum atomic E-state index is 13.5. The van der Waals surface area contributed by atoms with E-state index in [9.17, 15) is 4.39 Å². The minimum Gasteiger partial charge on any atom is -0.312 e. The molecule has 2 rings (SSSR count). The fraction of sp³-hybridized carbons (Fsp3) is 0.438. The van der Waals surface area contributed by atoms with E-state index in [1.807, 2.05) is 0 Å². The van der Waals surface area contributed by atoms with Crippen LogP contribution in [0.1, 0.15) is 31.3 Å². The fourth-order valence-electron chi connectivity index (χ4n) is 2.08. The summed E-state index contributed by atoms with van der Waals surface area (Å²) in [4.78, 5) is 6.00. The van der Waals surface area contributed by atoms with Gasteiger partial charge in [-0.2, -0.15) is 0 Å². The van der Waals surface area contributed by atoms with Gasteiger partial charge < -0.3 is 5.32 Å². The number of thiazole rings is 1. The summed E-state index contributed by atoms with van der Waals surface area (Å²) < 4.78 is 14.4. The third-order valence-electron chi connectivity index (χ3n) is 3.07. The molecule has 1 aromatic heterocycles. The van der Waals surface area contributed by atoms with Crippen LogP contribution in [0.2, 0.25) is 0 Å². The van der Waals surface area contributed by atoms with Crippen LogP contribution in [0.3, 0.4) is 0 Å². The molecular weight excluding hydrogens is 351 g/mol. The molecule has 5 heteroatoms. The maximum absolute atomic E-state index is 13.5. The lowest BCUT2D eigenvalue weighted by molar-refractivity contribution is 0.626. The highest BCUT2D eigenvalue weighted by atomic mass is 79.9. The van der Waals surface area contributed by atoms with E-state index >= 15 is 0 Å². The number of rotatable bonds is 6. The van der Waals surface area contributed by atoms with Gasteiger partial charge in [0.15, 0.2) is 0 Å². The molecule has 114 valence electrons. The molecule has 0 saturated carbocycles. The van der Waals surface area contributed by atoms with Gasteiger partial charge in [-0.3, -0.25) is 0 Å². The molecule has 0 aliphatic rings. The predicted octanol–water partition coefficient (Wildman–Crippen LogP) is 5.02. The molecule has 0 unspecified atom stereocenters. The molecule has 1 aromatic carbocycles. The molecule has 1 N–H and O–H groups in total. The van der Waals surface area contributed by atoms with Gasteiger partial charge in [-0.1, -0.05) is 36.7 Å². The number of nitrogens with one attached hydrogen (secondary N) is 1.